The van der Waals surface area contributed by atoms with E-state index in [1.54, 1.807) is 19.1 Å². The van der Waals surface area contributed by atoms with Gasteiger partial charge < -0.3 is 10.2 Å². The van der Waals surface area contributed by atoms with Crippen LogP contribution in [0.25, 0.3) is 0 Å². The molecule has 224 valence electrons. The van der Waals surface area contributed by atoms with E-state index in [0.717, 1.165) is 38.7 Å². The monoisotopic (exact) mass is 601 g/mol. The van der Waals surface area contributed by atoms with Crippen molar-refractivity contribution in [2.24, 2.45) is 0 Å². The molecule has 2 amide bonds. The van der Waals surface area contributed by atoms with Crippen LogP contribution in [0.3, 0.4) is 0 Å². The lowest BCUT2D eigenvalue weighted by atomic mass is 10.0. The molecule has 0 aliphatic rings. The molecule has 0 spiro atoms. The highest BCUT2D eigenvalue weighted by atomic mass is 32.2. The van der Waals surface area contributed by atoms with Crippen molar-refractivity contribution in [3.05, 3.63) is 131 Å². The summed E-state index contributed by atoms with van der Waals surface area (Å²) in [7, 11) is -4.24. The van der Waals surface area contributed by atoms with Crippen LogP contribution in [0.2, 0.25) is 0 Å². The van der Waals surface area contributed by atoms with Crippen molar-refractivity contribution in [1.29, 1.82) is 0 Å². The van der Waals surface area contributed by atoms with Crippen molar-refractivity contribution in [1.82, 2.24) is 10.2 Å². The number of anilines is 1. The molecule has 0 bridgehead atoms. The normalized spacial score (nSPS) is 11.9. The fourth-order valence-electron chi connectivity index (χ4n) is 4.83. The van der Waals surface area contributed by atoms with Gasteiger partial charge in [0.2, 0.25) is 11.8 Å². The highest BCUT2D eigenvalue weighted by molar-refractivity contribution is 7.92. The van der Waals surface area contributed by atoms with E-state index < -0.39 is 34.3 Å². The zero-order chi connectivity index (χ0) is 31.0. The summed E-state index contributed by atoms with van der Waals surface area (Å²) in [6.45, 7) is 5.42. The number of amides is 2. The number of rotatable bonds is 12. The average Bonchev–Trinajstić information content (AvgIpc) is 2.99. The third-order valence-corrected chi connectivity index (χ3v) is 8.85. The molecule has 4 aromatic carbocycles. The third kappa shape index (κ3) is 8.08. The first-order valence-electron chi connectivity index (χ1n) is 14.1. The average molecular weight is 602 g/mol. The van der Waals surface area contributed by atoms with Crippen LogP contribution >= 0.6 is 0 Å². The molecule has 1 atom stereocenters. The second-order valence-electron chi connectivity index (χ2n) is 10.4. The molecule has 0 radical (unpaired) electrons. The minimum absolute atomic E-state index is 0.00924. The lowest BCUT2D eigenvalue weighted by Gasteiger charge is -2.34. The van der Waals surface area contributed by atoms with Crippen LogP contribution in [-0.4, -0.2) is 44.3 Å². The minimum atomic E-state index is -4.24. The van der Waals surface area contributed by atoms with Crippen molar-refractivity contribution < 1.29 is 22.4 Å². The van der Waals surface area contributed by atoms with Crippen molar-refractivity contribution >= 4 is 27.5 Å². The van der Waals surface area contributed by atoms with E-state index in [0.29, 0.717) is 6.54 Å². The van der Waals surface area contributed by atoms with E-state index in [9.17, 15) is 22.4 Å². The smallest absolute Gasteiger partial charge is 0.264 e. The van der Waals surface area contributed by atoms with Crippen LogP contribution < -0.4 is 9.62 Å². The molecule has 0 fully saturated rings. The Labute approximate surface area is 253 Å². The van der Waals surface area contributed by atoms with Crippen LogP contribution in [0.5, 0.6) is 0 Å². The lowest BCUT2D eigenvalue weighted by Crippen LogP contribution is -2.53. The molecular formula is C34H36FN3O4S. The summed E-state index contributed by atoms with van der Waals surface area (Å²) < 4.78 is 42.8. The van der Waals surface area contributed by atoms with E-state index in [4.69, 9.17) is 0 Å². The Morgan fingerprint density at radius 3 is 2.09 bits per heavy atom. The highest BCUT2D eigenvalue weighted by Crippen LogP contribution is 2.26. The van der Waals surface area contributed by atoms with Crippen molar-refractivity contribution in [2.45, 2.75) is 44.7 Å². The van der Waals surface area contributed by atoms with E-state index >= 15 is 0 Å². The summed E-state index contributed by atoms with van der Waals surface area (Å²) in [5.74, 6) is -1.46. The van der Waals surface area contributed by atoms with Gasteiger partial charge in [-0.05, 0) is 68.3 Å². The van der Waals surface area contributed by atoms with Crippen molar-refractivity contribution in [3.63, 3.8) is 0 Å². The Bertz CT molecular complexity index is 1640. The van der Waals surface area contributed by atoms with Gasteiger partial charge in [0, 0.05) is 19.5 Å². The number of likely N-dealkylation sites (N-methyl/N-ethyl adjacent to an activating group) is 1. The number of nitrogens with zero attached hydrogens (tertiary/aromatic N) is 2. The second-order valence-corrected chi connectivity index (χ2v) is 12.3. The van der Waals surface area contributed by atoms with Crippen LogP contribution in [-0.2, 0) is 32.6 Å². The number of aryl methyl sites for hydroxylation is 2. The van der Waals surface area contributed by atoms with Gasteiger partial charge in [-0.25, -0.2) is 12.8 Å². The molecule has 0 saturated carbocycles. The standard InChI is InChI=1S/C34H36FN3O4S/c1-4-36-34(40)32(22-27-10-6-5-7-11-27)37(23-28-12-8-9-26(3)21-28)33(39)24-38(30-17-15-29(35)16-18-30)43(41,42)31-19-13-25(2)14-20-31/h5-21,32H,4,22-24H2,1-3H3,(H,36,40)/t32-/m0/s1. The van der Waals surface area contributed by atoms with Crippen LogP contribution in [0.1, 0.15) is 29.2 Å². The molecule has 4 rings (SSSR count). The molecule has 43 heavy (non-hydrogen) atoms. The summed E-state index contributed by atoms with van der Waals surface area (Å²) in [5.41, 5.74) is 3.63. The molecule has 0 aromatic heterocycles. The molecule has 0 heterocycles. The third-order valence-electron chi connectivity index (χ3n) is 7.06. The van der Waals surface area contributed by atoms with Gasteiger partial charge in [0.25, 0.3) is 10.0 Å². The first-order chi connectivity index (χ1) is 20.6. The largest absolute Gasteiger partial charge is 0.355 e. The molecule has 1 N–H and O–H groups in total. The quantitative estimate of drug-likeness (QED) is 0.235. The number of benzene rings is 4. The first kappa shape index (κ1) is 31.4. The van der Waals surface area contributed by atoms with Gasteiger partial charge in [0.1, 0.15) is 18.4 Å². The number of nitrogens with one attached hydrogen (secondary N) is 1. The Kier molecular flexibility index (Phi) is 10.3. The number of hydrogen-bond donors (Lipinski definition) is 1. The zero-order valence-electron chi connectivity index (χ0n) is 24.5. The van der Waals surface area contributed by atoms with E-state index in [1.807, 2.05) is 68.4 Å². The summed E-state index contributed by atoms with van der Waals surface area (Å²) in [4.78, 5) is 29.3. The molecule has 0 aliphatic heterocycles. The van der Waals surface area contributed by atoms with Crippen LogP contribution in [0, 0.1) is 19.7 Å². The van der Waals surface area contributed by atoms with E-state index in [2.05, 4.69) is 5.32 Å². The van der Waals surface area contributed by atoms with Gasteiger partial charge >= 0.3 is 0 Å². The fraction of sp³-hybridized carbons (Fsp3) is 0.235. The summed E-state index contributed by atoms with van der Waals surface area (Å²) in [6, 6.07) is 27.3. The predicted octanol–water partition coefficient (Wildman–Crippen LogP) is 5.41. The number of halogens is 1. The summed E-state index contributed by atoms with van der Waals surface area (Å²) in [6.07, 6.45) is 0.228. The highest BCUT2D eigenvalue weighted by Gasteiger charge is 2.34. The molecule has 0 aliphatic carbocycles. The Hall–Kier alpha value is -4.50. The van der Waals surface area contributed by atoms with Gasteiger partial charge in [-0.1, -0.05) is 77.9 Å². The Morgan fingerprint density at radius 1 is 0.814 bits per heavy atom. The van der Waals surface area contributed by atoms with Crippen molar-refractivity contribution in [2.75, 3.05) is 17.4 Å². The molecule has 7 nitrogen and oxygen atoms in total. The minimum Gasteiger partial charge on any atom is -0.355 e. The summed E-state index contributed by atoms with van der Waals surface area (Å²) >= 11 is 0. The Morgan fingerprint density at radius 2 is 1.47 bits per heavy atom. The number of carbonyl (C=O) groups excluding carboxylic acids is 2. The topological polar surface area (TPSA) is 86.8 Å². The predicted molar refractivity (Wildman–Crippen MR) is 166 cm³/mol. The van der Waals surface area contributed by atoms with Crippen LogP contribution in [0.15, 0.2) is 108 Å². The second kappa shape index (κ2) is 14.1. The van der Waals surface area contributed by atoms with Gasteiger partial charge in [-0.2, -0.15) is 0 Å². The van der Waals surface area contributed by atoms with Gasteiger partial charge in [-0.3, -0.25) is 13.9 Å². The molecule has 0 unspecified atom stereocenters. The first-order valence-corrected chi connectivity index (χ1v) is 15.5. The number of hydrogen-bond acceptors (Lipinski definition) is 4. The van der Waals surface area contributed by atoms with Crippen LogP contribution in [0.4, 0.5) is 10.1 Å². The Balaban J connectivity index is 1.79. The maximum atomic E-state index is 14.3. The molecule has 4 aromatic rings. The number of carbonyl (C=O) groups is 2. The van der Waals surface area contributed by atoms with Gasteiger partial charge in [-0.15, -0.1) is 0 Å². The van der Waals surface area contributed by atoms with E-state index in [1.165, 1.54) is 29.2 Å². The summed E-state index contributed by atoms with van der Waals surface area (Å²) in [5, 5.41) is 2.84. The van der Waals surface area contributed by atoms with E-state index in [-0.39, 0.29) is 29.5 Å². The number of sulfonamides is 1. The maximum Gasteiger partial charge on any atom is 0.264 e. The van der Waals surface area contributed by atoms with Gasteiger partial charge in [0.05, 0.1) is 10.6 Å². The van der Waals surface area contributed by atoms with Gasteiger partial charge in [0.15, 0.2) is 0 Å². The molecular weight excluding hydrogens is 565 g/mol. The SMILES string of the molecule is CCNC(=O)[C@H](Cc1ccccc1)N(Cc1cccc(C)c1)C(=O)CN(c1ccc(F)cc1)S(=O)(=O)c1ccc(C)cc1. The zero-order valence-corrected chi connectivity index (χ0v) is 25.4. The van der Waals surface area contributed by atoms with Crippen molar-refractivity contribution in [3.8, 4) is 0 Å². The molecule has 9 heteroatoms. The molecule has 0 saturated heterocycles. The maximum absolute atomic E-state index is 14.3. The fourth-order valence-corrected chi connectivity index (χ4v) is 6.24. The lowest BCUT2D eigenvalue weighted by molar-refractivity contribution is -0.140.